The van der Waals surface area contributed by atoms with Crippen molar-refractivity contribution in [1.29, 1.82) is 0 Å². The largest absolute Gasteiger partial charge is 0.417 e. The molecule has 4 aromatic rings. The lowest BCUT2D eigenvalue weighted by atomic mass is 10.2. The number of alkyl halides is 3. The molecule has 174 valence electrons. The Kier molecular flexibility index (Phi) is 5.35. The van der Waals surface area contributed by atoms with Crippen molar-refractivity contribution in [3.8, 4) is 11.4 Å². The topological polar surface area (TPSA) is 124 Å². The fraction of sp³-hybridized carbons (Fsp3) is 0.316. The van der Waals surface area contributed by atoms with E-state index in [2.05, 4.69) is 25.4 Å². The van der Waals surface area contributed by atoms with E-state index in [-0.39, 0.29) is 44.5 Å². The summed E-state index contributed by atoms with van der Waals surface area (Å²) in [6.07, 6.45) is -1.34. The van der Waals surface area contributed by atoms with Crippen LogP contribution in [0.3, 0.4) is 0 Å². The van der Waals surface area contributed by atoms with Gasteiger partial charge in [0.15, 0.2) is 26.2 Å². The van der Waals surface area contributed by atoms with Crippen LogP contribution in [0.5, 0.6) is 0 Å². The average Bonchev–Trinajstić information content (AvgIpc) is 3.30. The van der Waals surface area contributed by atoms with Crippen molar-refractivity contribution in [3.05, 3.63) is 35.8 Å². The minimum Gasteiger partial charge on any atom is -0.352 e. The van der Waals surface area contributed by atoms with E-state index in [9.17, 15) is 26.4 Å². The van der Waals surface area contributed by atoms with Gasteiger partial charge in [-0.2, -0.15) is 18.3 Å². The maximum absolute atomic E-state index is 13.1. The van der Waals surface area contributed by atoms with Gasteiger partial charge < -0.3 is 9.88 Å². The number of hydrogen-bond donors (Lipinski definition) is 1. The minimum absolute atomic E-state index is 0.00774. The summed E-state index contributed by atoms with van der Waals surface area (Å²) in [5.41, 5.74) is -0.694. The molecule has 0 atom stereocenters. The first-order valence-electron chi connectivity index (χ1n) is 9.77. The third-order valence-corrected chi connectivity index (χ3v) is 6.61. The number of rotatable bonds is 5. The molecule has 33 heavy (non-hydrogen) atoms. The fourth-order valence-electron chi connectivity index (χ4n) is 3.30. The van der Waals surface area contributed by atoms with E-state index in [1.807, 2.05) is 0 Å². The molecule has 4 rings (SSSR count). The summed E-state index contributed by atoms with van der Waals surface area (Å²) in [5, 5.41) is 6.40. The number of nitrogens with zero attached hydrogens (tertiary/aromatic N) is 6. The van der Waals surface area contributed by atoms with Gasteiger partial charge >= 0.3 is 6.18 Å². The number of fused-ring (bicyclic) bond motifs is 2. The lowest BCUT2D eigenvalue weighted by Crippen LogP contribution is -2.23. The number of aromatic nitrogens is 6. The van der Waals surface area contributed by atoms with E-state index in [1.165, 1.54) is 30.9 Å². The van der Waals surface area contributed by atoms with Gasteiger partial charge in [0.2, 0.25) is 0 Å². The molecule has 0 radical (unpaired) electrons. The molecule has 4 aromatic heterocycles. The molecular weight excluding hydrogens is 463 g/mol. The van der Waals surface area contributed by atoms with Crippen molar-refractivity contribution < 1.29 is 26.4 Å². The van der Waals surface area contributed by atoms with Crippen molar-refractivity contribution in [2.24, 2.45) is 7.05 Å². The highest BCUT2D eigenvalue weighted by molar-refractivity contribution is 7.91. The maximum Gasteiger partial charge on any atom is 0.417 e. The molecule has 0 fully saturated rings. The SMILES string of the molecule is CCNC(=O)c1cnc2c(-c3nc4cc(C(F)(F)F)cnc4n3C)c(S(=O)(=O)CC)nn2c1. The number of nitrogens with one attached hydrogen (secondary N) is 1. The Morgan fingerprint density at radius 1 is 1.15 bits per heavy atom. The van der Waals surface area contributed by atoms with E-state index in [4.69, 9.17) is 0 Å². The number of carbonyl (C=O) groups excluding carboxylic acids is 1. The van der Waals surface area contributed by atoms with Crippen LogP contribution >= 0.6 is 0 Å². The van der Waals surface area contributed by atoms with Crippen molar-refractivity contribution in [3.63, 3.8) is 0 Å². The molecule has 1 N–H and O–H groups in total. The summed E-state index contributed by atoms with van der Waals surface area (Å²) in [7, 11) is -2.39. The Bertz CT molecular complexity index is 1510. The number of amides is 1. The quantitative estimate of drug-likeness (QED) is 0.464. The molecule has 1 amide bonds. The smallest absolute Gasteiger partial charge is 0.352 e. The zero-order valence-electron chi connectivity index (χ0n) is 17.7. The standard InChI is InChI=1S/C19H18F3N7O3S/c1-4-23-17(30)10-7-24-15-13(18(27-29(15)9-10)33(31,32)5-2)16-26-12-6-11(19(20,21)22)8-25-14(12)28(16)3/h6-9H,4-5H2,1-3H3,(H,23,30). The second kappa shape index (κ2) is 7.79. The van der Waals surface area contributed by atoms with Crippen molar-refractivity contribution in [2.45, 2.75) is 25.0 Å². The highest BCUT2D eigenvalue weighted by Gasteiger charge is 2.33. The normalized spacial score (nSPS) is 12.5. The van der Waals surface area contributed by atoms with E-state index in [0.29, 0.717) is 12.7 Å². The van der Waals surface area contributed by atoms with Gasteiger partial charge in [-0.25, -0.2) is 27.9 Å². The third kappa shape index (κ3) is 3.79. The van der Waals surface area contributed by atoms with Gasteiger partial charge in [0.25, 0.3) is 5.91 Å². The maximum atomic E-state index is 13.1. The number of pyridine rings is 1. The van der Waals surface area contributed by atoms with Crippen LogP contribution in [0, 0.1) is 0 Å². The molecule has 0 aromatic carbocycles. The van der Waals surface area contributed by atoms with Crippen LogP contribution in [-0.2, 0) is 23.1 Å². The first kappa shape index (κ1) is 22.6. The second-order valence-corrected chi connectivity index (χ2v) is 9.31. The summed E-state index contributed by atoms with van der Waals surface area (Å²) >= 11 is 0. The van der Waals surface area contributed by atoms with Gasteiger partial charge in [-0.05, 0) is 13.0 Å². The fourth-order valence-corrected chi connectivity index (χ4v) is 4.28. The zero-order valence-corrected chi connectivity index (χ0v) is 18.5. The molecule has 0 aliphatic rings. The second-order valence-electron chi connectivity index (χ2n) is 7.11. The third-order valence-electron chi connectivity index (χ3n) is 4.97. The highest BCUT2D eigenvalue weighted by atomic mass is 32.2. The van der Waals surface area contributed by atoms with Crippen LogP contribution in [0.25, 0.3) is 28.2 Å². The number of carbonyl (C=O) groups is 1. The molecule has 0 spiro atoms. The summed E-state index contributed by atoms with van der Waals surface area (Å²) in [5.74, 6) is -0.680. The van der Waals surface area contributed by atoms with Crippen LogP contribution in [0.15, 0.2) is 29.7 Å². The molecule has 0 unspecified atom stereocenters. The lowest BCUT2D eigenvalue weighted by molar-refractivity contribution is -0.137. The minimum atomic E-state index is -4.61. The number of halogens is 3. The Morgan fingerprint density at radius 2 is 1.85 bits per heavy atom. The predicted octanol–water partition coefficient (Wildman–Crippen LogP) is 2.24. The van der Waals surface area contributed by atoms with Gasteiger partial charge in [0, 0.05) is 32.2 Å². The summed E-state index contributed by atoms with van der Waals surface area (Å²) in [6, 6.07) is 0.839. The highest BCUT2D eigenvalue weighted by Crippen LogP contribution is 2.34. The van der Waals surface area contributed by atoms with E-state index in [1.54, 1.807) is 6.92 Å². The Balaban J connectivity index is 2.01. The summed E-state index contributed by atoms with van der Waals surface area (Å²) < 4.78 is 67.5. The average molecular weight is 481 g/mol. The van der Waals surface area contributed by atoms with E-state index in [0.717, 1.165) is 10.6 Å². The Labute approximate surface area is 185 Å². The molecule has 0 aliphatic heterocycles. The molecule has 0 aliphatic carbocycles. The van der Waals surface area contributed by atoms with Crippen LogP contribution in [0.1, 0.15) is 29.8 Å². The molecule has 4 heterocycles. The molecule has 14 heteroatoms. The van der Waals surface area contributed by atoms with Crippen LogP contribution in [-0.4, -0.2) is 55.8 Å². The number of sulfone groups is 1. The Morgan fingerprint density at radius 3 is 2.48 bits per heavy atom. The van der Waals surface area contributed by atoms with Crippen molar-refractivity contribution >= 4 is 32.6 Å². The van der Waals surface area contributed by atoms with Crippen LogP contribution in [0.4, 0.5) is 13.2 Å². The summed E-state index contributed by atoms with van der Waals surface area (Å²) in [4.78, 5) is 24.5. The van der Waals surface area contributed by atoms with Gasteiger partial charge in [-0.1, -0.05) is 6.92 Å². The molecule has 10 nitrogen and oxygen atoms in total. The zero-order chi connectivity index (χ0) is 24.1. The monoisotopic (exact) mass is 481 g/mol. The van der Waals surface area contributed by atoms with Crippen LogP contribution < -0.4 is 5.32 Å². The molecular formula is C19H18F3N7O3S. The number of hydrogen-bond acceptors (Lipinski definition) is 7. The lowest BCUT2D eigenvalue weighted by Gasteiger charge is -2.05. The number of aryl methyl sites for hydroxylation is 1. The van der Waals surface area contributed by atoms with Gasteiger partial charge in [-0.15, -0.1) is 0 Å². The summed E-state index contributed by atoms with van der Waals surface area (Å²) in [6.45, 7) is 3.55. The molecule has 0 saturated carbocycles. The first-order chi connectivity index (χ1) is 15.5. The predicted molar refractivity (Wildman–Crippen MR) is 111 cm³/mol. The number of imidazole rings is 1. The van der Waals surface area contributed by atoms with Crippen molar-refractivity contribution in [1.82, 2.24) is 34.4 Å². The van der Waals surface area contributed by atoms with E-state index < -0.39 is 27.5 Å². The molecule has 0 bridgehead atoms. The van der Waals surface area contributed by atoms with Gasteiger partial charge in [0.05, 0.1) is 16.9 Å². The van der Waals surface area contributed by atoms with E-state index >= 15 is 0 Å². The van der Waals surface area contributed by atoms with Crippen molar-refractivity contribution in [2.75, 3.05) is 12.3 Å². The molecule has 0 saturated heterocycles. The first-order valence-corrected chi connectivity index (χ1v) is 11.4. The van der Waals surface area contributed by atoms with Gasteiger partial charge in [-0.3, -0.25) is 4.79 Å². The van der Waals surface area contributed by atoms with Crippen LogP contribution in [0.2, 0.25) is 0 Å². The Hall–Kier alpha value is -3.55. The van der Waals surface area contributed by atoms with Gasteiger partial charge in [0.1, 0.15) is 16.9 Å².